The Balaban J connectivity index is 0. The molecule has 0 bridgehead atoms. The number of anilines is 1. The van der Waals surface area contributed by atoms with Gasteiger partial charge in [0.2, 0.25) is 0 Å². The number of para-hydroxylation sites is 1. The molecule has 252 valence electrons. The number of piperidine rings is 1. The van der Waals surface area contributed by atoms with Crippen molar-refractivity contribution in [1.82, 2.24) is 4.90 Å². The summed E-state index contributed by atoms with van der Waals surface area (Å²) in [5, 5.41) is 14.1. The summed E-state index contributed by atoms with van der Waals surface area (Å²) in [6, 6.07) is 19.1. The number of nitrogens with zero attached hydrogens (tertiary/aromatic N) is 1. The van der Waals surface area contributed by atoms with E-state index in [0.29, 0.717) is 5.41 Å². The largest absolute Gasteiger partial charge is 0.385 e. The minimum absolute atomic E-state index is 0.229. The summed E-state index contributed by atoms with van der Waals surface area (Å²) in [6.45, 7) is 30.9. The molecule has 2 aromatic carbocycles. The topological polar surface area (TPSA) is 65.1 Å². The number of thiophene rings is 1. The highest BCUT2D eigenvalue weighted by Gasteiger charge is 2.28. The van der Waals surface area contributed by atoms with Crippen molar-refractivity contribution < 1.29 is 0 Å². The highest BCUT2D eigenvalue weighted by atomic mass is 32.1. The van der Waals surface area contributed by atoms with Gasteiger partial charge in [-0.1, -0.05) is 126 Å². The van der Waals surface area contributed by atoms with E-state index in [-0.39, 0.29) is 5.96 Å². The Labute approximate surface area is 277 Å². The van der Waals surface area contributed by atoms with E-state index >= 15 is 0 Å². The summed E-state index contributed by atoms with van der Waals surface area (Å²) in [6.07, 6.45) is 4.85. The number of rotatable bonds is 0. The van der Waals surface area contributed by atoms with E-state index in [9.17, 15) is 0 Å². The maximum atomic E-state index is 7.31. The number of hydrogen-bond acceptors (Lipinski definition) is 3. The third-order valence-electron chi connectivity index (χ3n) is 6.38. The van der Waals surface area contributed by atoms with E-state index in [1.165, 1.54) is 47.0 Å². The van der Waals surface area contributed by atoms with Crippen molar-refractivity contribution >= 4 is 33.1 Å². The zero-order valence-electron chi connectivity index (χ0n) is 30.9. The molecule has 0 spiro atoms. The van der Waals surface area contributed by atoms with E-state index in [1.54, 1.807) is 11.3 Å². The summed E-state index contributed by atoms with van der Waals surface area (Å²) in [7, 11) is 0. The van der Waals surface area contributed by atoms with E-state index in [1.807, 2.05) is 32.6 Å². The molecule has 2 aliphatic heterocycles. The van der Waals surface area contributed by atoms with Crippen LogP contribution in [0.5, 0.6) is 0 Å². The fraction of sp³-hybridized carbons (Fsp3) is 0.615. The monoisotopic (exact) mass is 627 g/mol. The normalized spacial score (nSPS) is 13.6. The van der Waals surface area contributed by atoms with Crippen LogP contribution in [0.4, 0.5) is 5.69 Å². The van der Waals surface area contributed by atoms with Gasteiger partial charge in [-0.15, -0.1) is 11.3 Å². The molecule has 0 radical (unpaired) electrons. The van der Waals surface area contributed by atoms with Gasteiger partial charge in [0.05, 0.1) is 0 Å². The maximum Gasteiger partial charge on any atom is 0.188 e. The van der Waals surface area contributed by atoms with Gasteiger partial charge in [0.1, 0.15) is 0 Å². The summed E-state index contributed by atoms with van der Waals surface area (Å²) >= 11 is 1.79. The van der Waals surface area contributed by atoms with Crippen molar-refractivity contribution in [1.29, 1.82) is 5.41 Å². The van der Waals surface area contributed by atoms with Crippen LogP contribution in [0.15, 0.2) is 60.0 Å². The van der Waals surface area contributed by atoms with Crippen LogP contribution >= 0.6 is 11.3 Å². The zero-order valence-corrected chi connectivity index (χ0v) is 31.7. The van der Waals surface area contributed by atoms with Crippen LogP contribution in [0.3, 0.4) is 0 Å². The smallest absolute Gasteiger partial charge is 0.188 e. The first-order valence-electron chi connectivity index (χ1n) is 17.1. The number of benzene rings is 2. The van der Waals surface area contributed by atoms with E-state index < -0.39 is 0 Å². The third kappa shape index (κ3) is 21.2. The standard InChI is InChI=1S/C10H21N3.C9H11N.C8H6S.2C4H10.2C2H6/c1-10(2,3)8-4-6-13(7-5-8)9(11)12;1-2-6-9-8(4-1)5-3-7-10-9;1-2-4-8-7(3-1)5-6-9-8;2*1-4(2)3;2*1-2/h8H,4-7H2,1-3H3,(H3,11,12);1-2,4,6,10H,3,5,7H2;1-6H;2*4H,1-3H3;2*1-2H3. The van der Waals surface area contributed by atoms with Crippen molar-refractivity contribution in [2.24, 2.45) is 28.9 Å². The van der Waals surface area contributed by atoms with Gasteiger partial charge in [-0.05, 0) is 83.4 Å². The Kier molecular flexibility index (Phi) is 25.5. The van der Waals surface area contributed by atoms with Gasteiger partial charge in [0.25, 0.3) is 0 Å². The summed E-state index contributed by atoms with van der Waals surface area (Å²) in [5.41, 5.74) is 8.63. The van der Waals surface area contributed by atoms with Gasteiger partial charge in [-0.3, -0.25) is 5.41 Å². The molecule has 0 amide bonds. The van der Waals surface area contributed by atoms with Gasteiger partial charge in [-0.2, -0.15) is 0 Å². The second kappa shape index (κ2) is 25.8. The first kappa shape index (κ1) is 43.6. The Morgan fingerprint density at radius 3 is 1.82 bits per heavy atom. The van der Waals surface area contributed by atoms with Crippen molar-refractivity contribution in [2.75, 3.05) is 25.0 Å². The fourth-order valence-electron chi connectivity index (χ4n) is 4.31. The third-order valence-corrected chi connectivity index (χ3v) is 7.28. The molecule has 5 rings (SSSR count). The molecule has 4 nitrogen and oxygen atoms in total. The van der Waals surface area contributed by atoms with E-state index in [0.717, 1.165) is 37.4 Å². The van der Waals surface area contributed by atoms with Gasteiger partial charge in [0, 0.05) is 30.0 Å². The Morgan fingerprint density at radius 2 is 1.34 bits per heavy atom. The highest BCUT2D eigenvalue weighted by Crippen LogP contribution is 2.34. The van der Waals surface area contributed by atoms with Crippen LogP contribution in [0.25, 0.3) is 10.1 Å². The summed E-state index contributed by atoms with van der Waals surface area (Å²) < 4.78 is 1.37. The molecule has 0 atom stereocenters. The lowest BCUT2D eigenvalue weighted by atomic mass is 9.75. The first-order chi connectivity index (χ1) is 20.8. The first-order valence-corrected chi connectivity index (χ1v) is 18.0. The predicted molar refractivity (Wildman–Crippen MR) is 204 cm³/mol. The molecule has 1 saturated heterocycles. The molecular formula is C39H70N4S. The van der Waals surface area contributed by atoms with Crippen molar-refractivity contribution in [3.05, 3.63) is 65.5 Å². The molecule has 3 aromatic rings. The van der Waals surface area contributed by atoms with E-state index in [4.69, 9.17) is 11.1 Å². The maximum absolute atomic E-state index is 7.31. The molecule has 1 aromatic heterocycles. The van der Waals surface area contributed by atoms with Crippen LogP contribution in [0, 0.1) is 28.6 Å². The molecule has 44 heavy (non-hydrogen) atoms. The molecule has 0 unspecified atom stereocenters. The molecule has 3 heterocycles. The number of fused-ring (bicyclic) bond motifs is 2. The van der Waals surface area contributed by atoms with Crippen LogP contribution < -0.4 is 11.1 Å². The average Bonchev–Trinajstić information content (AvgIpc) is 3.48. The minimum Gasteiger partial charge on any atom is -0.385 e. The summed E-state index contributed by atoms with van der Waals surface area (Å²) in [5.74, 6) is 2.68. The SMILES string of the molecule is CC.CC.CC(C)(C)C1CCN(C(=N)N)CC1.CC(C)C.CC(C)C.c1ccc2c(c1)CCCN2.c1ccc2sccc2c1. The number of guanidine groups is 1. The predicted octanol–water partition coefficient (Wildman–Crippen LogP) is 12.0. The highest BCUT2D eigenvalue weighted by molar-refractivity contribution is 7.17. The van der Waals surface area contributed by atoms with E-state index in [2.05, 4.69) is 128 Å². The number of likely N-dealkylation sites (tertiary alicyclic amines) is 1. The average molecular weight is 627 g/mol. The fourth-order valence-corrected chi connectivity index (χ4v) is 5.10. The number of aryl methyl sites for hydroxylation is 1. The molecule has 0 aliphatic carbocycles. The van der Waals surface area contributed by atoms with Gasteiger partial charge in [0.15, 0.2) is 5.96 Å². The van der Waals surface area contributed by atoms with Gasteiger partial charge in [-0.25, -0.2) is 0 Å². The number of nitrogens with two attached hydrogens (primary N) is 1. The lowest BCUT2D eigenvalue weighted by Gasteiger charge is -2.38. The van der Waals surface area contributed by atoms with Crippen LogP contribution in [0.2, 0.25) is 0 Å². The quantitative estimate of drug-likeness (QED) is 0.172. The van der Waals surface area contributed by atoms with Crippen molar-refractivity contribution in [2.45, 2.75) is 116 Å². The van der Waals surface area contributed by atoms with Crippen molar-refractivity contribution in [3.63, 3.8) is 0 Å². The second-order valence-electron chi connectivity index (χ2n) is 13.1. The molecule has 2 aliphatic rings. The molecular weight excluding hydrogens is 557 g/mol. The lowest BCUT2D eigenvalue weighted by Crippen LogP contribution is -2.44. The summed E-state index contributed by atoms with van der Waals surface area (Å²) in [4.78, 5) is 1.96. The molecule has 5 heteroatoms. The zero-order chi connectivity index (χ0) is 34.1. The molecule has 1 fully saturated rings. The molecule has 4 N–H and O–H groups in total. The second-order valence-corrected chi connectivity index (χ2v) is 14.1. The Bertz CT molecular complexity index is 1010. The van der Waals surface area contributed by atoms with Gasteiger partial charge < -0.3 is 16.0 Å². The molecule has 0 saturated carbocycles. The van der Waals surface area contributed by atoms with Crippen LogP contribution in [0.1, 0.15) is 115 Å². The Hall–Kier alpha value is -2.53. The number of hydrogen-bond donors (Lipinski definition) is 3. The number of nitrogens with one attached hydrogen (secondary N) is 2. The Morgan fingerprint density at radius 1 is 0.841 bits per heavy atom. The van der Waals surface area contributed by atoms with Crippen LogP contribution in [-0.4, -0.2) is 30.5 Å². The van der Waals surface area contributed by atoms with Crippen molar-refractivity contribution in [3.8, 4) is 0 Å². The van der Waals surface area contributed by atoms with Gasteiger partial charge >= 0.3 is 0 Å². The minimum atomic E-state index is 0.229. The lowest BCUT2D eigenvalue weighted by molar-refractivity contribution is 0.148. The van der Waals surface area contributed by atoms with Crippen LogP contribution in [-0.2, 0) is 6.42 Å².